The van der Waals surface area contributed by atoms with E-state index in [4.69, 9.17) is 14.2 Å². The topological polar surface area (TPSA) is 109 Å². The van der Waals surface area contributed by atoms with Crippen molar-refractivity contribution in [1.82, 2.24) is 15.5 Å². The Bertz CT molecular complexity index is 511. The minimum absolute atomic E-state index is 0.0388. The van der Waals surface area contributed by atoms with E-state index >= 15 is 0 Å². The first-order valence-corrected chi connectivity index (χ1v) is 9.33. The third-order valence-electron chi connectivity index (χ3n) is 4.93. The summed E-state index contributed by atoms with van der Waals surface area (Å²) in [7, 11) is 0. The van der Waals surface area contributed by atoms with Gasteiger partial charge in [-0.2, -0.15) is 0 Å². The van der Waals surface area contributed by atoms with Crippen LogP contribution in [0.2, 0.25) is 0 Å². The van der Waals surface area contributed by atoms with Crippen LogP contribution in [0, 0.1) is 0 Å². The van der Waals surface area contributed by atoms with Gasteiger partial charge >= 0.3 is 6.03 Å². The normalized spacial score (nSPS) is 34.0. The second-order valence-corrected chi connectivity index (χ2v) is 7.37. The number of amides is 3. The molecule has 3 aliphatic rings. The molecule has 9 heteroatoms. The number of hydrogen-bond acceptors (Lipinski definition) is 6. The number of fused-ring (bicyclic) bond motifs is 1. The summed E-state index contributed by atoms with van der Waals surface area (Å²) in [5.74, 6) is 0.0522. The highest BCUT2D eigenvalue weighted by Crippen LogP contribution is 2.35. The molecule has 3 heterocycles. The molecule has 0 radical (unpaired) electrons. The van der Waals surface area contributed by atoms with E-state index in [1.807, 2.05) is 13.8 Å². The van der Waals surface area contributed by atoms with Crippen molar-refractivity contribution in [3.63, 3.8) is 0 Å². The van der Waals surface area contributed by atoms with E-state index < -0.39 is 18.3 Å². The van der Waals surface area contributed by atoms with Crippen molar-refractivity contribution < 1.29 is 28.9 Å². The van der Waals surface area contributed by atoms with Gasteiger partial charge in [0.05, 0.1) is 31.8 Å². The van der Waals surface area contributed by atoms with Gasteiger partial charge < -0.3 is 34.9 Å². The molecule has 3 fully saturated rings. The summed E-state index contributed by atoms with van der Waals surface area (Å²) in [6, 6.07) is -0.250. The SMILES string of the molecule is CC(C)NC(=O)NC[C@H]1O[C@@H]2C[C@@H](CC(=O)N3CCOCC3)O[C@@H]2[C@@H]1O. The molecule has 9 nitrogen and oxygen atoms in total. The van der Waals surface area contributed by atoms with Gasteiger partial charge in [0, 0.05) is 32.1 Å². The number of nitrogens with one attached hydrogen (secondary N) is 2. The van der Waals surface area contributed by atoms with E-state index in [0.29, 0.717) is 39.1 Å². The Balaban J connectivity index is 1.42. The average Bonchev–Trinajstić information content (AvgIpc) is 3.12. The van der Waals surface area contributed by atoms with Crippen LogP contribution >= 0.6 is 0 Å². The molecule has 3 N–H and O–H groups in total. The third kappa shape index (κ3) is 4.64. The van der Waals surface area contributed by atoms with Crippen LogP contribution in [0.25, 0.3) is 0 Å². The summed E-state index contributed by atoms with van der Waals surface area (Å²) >= 11 is 0. The Morgan fingerprint density at radius 1 is 1.23 bits per heavy atom. The number of rotatable bonds is 5. The maximum atomic E-state index is 12.3. The molecule has 0 saturated carbocycles. The zero-order valence-electron chi connectivity index (χ0n) is 15.3. The maximum Gasteiger partial charge on any atom is 0.315 e. The van der Waals surface area contributed by atoms with Gasteiger partial charge in [-0.15, -0.1) is 0 Å². The molecule has 3 aliphatic heterocycles. The standard InChI is InChI=1S/C17H29N3O6/c1-10(2)19-17(23)18-9-13-15(22)16-12(26-13)7-11(25-16)8-14(21)20-3-5-24-6-4-20/h10-13,15-16,22H,3-9H2,1-2H3,(H2,18,19,23)/t11-,12+,13+,15+,16-/m0/s1. The molecular formula is C17H29N3O6. The summed E-state index contributed by atoms with van der Waals surface area (Å²) in [5, 5.41) is 15.8. The minimum Gasteiger partial charge on any atom is -0.388 e. The largest absolute Gasteiger partial charge is 0.388 e. The zero-order valence-corrected chi connectivity index (χ0v) is 15.3. The van der Waals surface area contributed by atoms with E-state index in [9.17, 15) is 14.7 Å². The van der Waals surface area contributed by atoms with Crippen LogP contribution < -0.4 is 10.6 Å². The molecule has 26 heavy (non-hydrogen) atoms. The Labute approximate surface area is 153 Å². The van der Waals surface area contributed by atoms with Crippen molar-refractivity contribution in [2.75, 3.05) is 32.8 Å². The van der Waals surface area contributed by atoms with Gasteiger partial charge in [0.2, 0.25) is 5.91 Å². The second-order valence-electron chi connectivity index (χ2n) is 7.37. The first-order valence-electron chi connectivity index (χ1n) is 9.33. The molecule has 0 aromatic rings. The smallest absolute Gasteiger partial charge is 0.315 e. The number of ether oxygens (including phenoxy) is 3. The van der Waals surface area contributed by atoms with Gasteiger partial charge in [-0.05, 0) is 13.8 Å². The lowest BCUT2D eigenvalue weighted by atomic mass is 10.1. The van der Waals surface area contributed by atoms with E-state index in [1.165, 1.54) is 0 Å². The first kappa shape index (κ1) is 19.3. The monoisotopic (exact) mass is 371 g/mol. The molecule has 0 aromatic heterocycles. The lowest BCUT2D eigenvalue weighted by Gasteiger charge is -2.28. The zero-order chi connectivity index (χ0) is 18.7. The van der Waals surface area contributed by atoms with Gasteiger partial charge in [-0.1, -0.05) is 0 Å². The highest BCUT2D eigenvalue weighted by atomic mass is 16.6. The van der Waals surface area contributed by atoms with Crippen molar-refractivity contribution in [3.8, 4) is 0 Å². The summed E-state index contributed by atoms with van der Waals surface area (Å²) in [6.07, 6.45) is -1.38. The summed E-state index contributed by atoms with van der Waals surface area (Å²) in [5.41, 5.74) is 0. The van der Waals surface area contributed by atoms with Crippen LogP contribution in [0.3, 0.4) is 0 Å². The molecular weight excluding hydrogens is 342 g/mol. The van der Waals surface area contributed by atoms with E-state index in [2.05, 4.69) is 10.6 Å². The van der Waals surface area contributed by atoms with E-state index in [0.717, 1.165) is 0 Å². The summed E-state index contributed by atoms with van der Waals surface area (Å²) in [4.78, 5) is 25.8. The fourth-order valence-electron chi connectivity index (χ4n) is 3.65. The molecule has 0 aliphatic carbocycles. The Morgan fingerprint density at radius 2 is 1.96 bits per heavy atom. The van der Waals surface area contributed by atoms with Crippen molar-refractivity contribution in [2.45, 2.75) is 63.3 Å². The summed E-state index contributed by atoms with van der Waals surface area (Å²) in [6.45, 7) is 6.34. The fourth-order valence-corrected chi connectivity index (χ4v) is 3.65. The maximum absolute atomic E-state index is 12.3. The van der Waals surface area contributed by atoms with Crippen molar-refractivity contribution >= 4 is 11.9 Å². The van der Waals surface area contributed by atoms with Crippen LogP contribution in [0.1, 0.15) is 26.7 Å². The average molecular weight is 371 g/mol. The van der Waals surface area contributed by atoms with Crippen LogP contribution in [0.5, 0.6) is 0 Å². The number of carbonyl (C=O) groups is 2. The number of urea groups is 1. The predicted octanol–water partition coefficient (Wildman–Crippen LogP) is -0.771. The Kier molecular flexibility index (Phi) is 6.33. The molecule has 0 spiro atoms. The van der Waals surface area contributed by atoms with Gasteiger partial charge in [-0.3, -0.25) is 4.79 Å². The second kappa shape index (κ2) is 8.51. The van der Waals surface area contributed by atoms with E-state index in [1.54, 1.807) is 4.90 Å². The van der Waals surface area contributed by atoms with Gasteiger partial charge in [0.15, 0.2) is 0 Å². The lowest BCUT2D eigenvalue weighted by Crippen LogP contribution is -2.46. The van der Waals surface area contributed by atoms with Crippen molar-refractivity contribution in [2.24, 2.45) is 0 Å². The third-order valence-corrected chi connectivity index (χ3v) is 4.93. The number of hydrogen-bond donors (Lipinski definition) is 3. The minimum atomic E-state index is -0.817. The quantitative estimate of drug-likeness (QED) is 0.585. The molecule has 0 bridgehead atoms. The molecule has 0 unspecified atom stereocenters. The lowest BCUT2D eigenvalue weighted by molar-refractivity contribution is -0.138. The van der Waals surface area contributed by atoms with Crippen LogP contribution in [0.4, 0.5) is 4.79 Å². The number of carbonyl (C=O) groups excluding carboxylic acids is 2. The number of nitrogens with zero attached hydrogens (tertiary/aromatic N) is 1. The number of aliphatic hydroxyl groups excluding tert-OH is 1. The number of aliphatic hydroxyl groups is 1. The molecule has 148 valence electrons. The van der Waals surface area contributed by atoms with Crippen molar-refractivity contribution in [3.05, 3.63) is 0 Å². The van der Waals surface area contributed by atoms with Crippen LogP contribution in [-0.4, -0.2) is 91.4 Å². The molecule has 3 saturated heterocycles. The van der Waals surface area contributed by atoms with Gasteiger partial charge in [0.25, 0.3) is 0 Å². The molecule has 3 amide bonds. The molecule has 0 aromatic carbocycles. The van der Waals surface area contributed by atoms with Crippen molar-refractivity contribution in [1.29, 1.82) is 0 Å². The van der Waals surface area contributed by atoms with Crippen LogP contribution in [-0.2, 0) is 19.0 Å². The molecule has 5 atom stereocenters. The fraction of sp³-hybridized carbons (Fsp3) is 0.882. The van der Waals surface area contributed by atoms with E-state index in [-0.39, 0.29) is 36.7 Å². The highest BCUT2D eigenvalue weighted by Gasteiger charge is 2.50. The predicted molar refractivity (Wildman–Crippen MR) is 91.6 cm³/mol. The van der Waals surface area contributed by atoms with Gasteiger partial charge in [0.1, 0.15) is 18.3 Å². The Hall–Kier alpha value is -1.42. The highest BCUT2D eigenvalue weighted by molar-refractivity contribution is 5.76. The number of morpholine rings is 1. The van der Waals surface area contributed by atoms with Gasteiger partial charge in [-0.25, -0.2) is 4.79 Å². The first-order chi connectivity index (χ1) is 12.4. The summed E-state index contributed by atoms with van der Waals surface area (Å²) < 4.78 is 17.0. The molecule has 3 rings (SSSR count). The Morgan fingerprint density at radius 3 is 2.62 bits per heavy atom. The van der Waals surface area contributed by atoms with Crippen LogP contribution in [0.15, 0.2) is 0 Å².